The van der Waals surface area contributed by atoms with E-state index in [1.54, 1.807) is 11.9 Å². The van der Waals surface area contributed by atoms with E-state index in [1.807, 2.05) is 18.2 Å². The van der Waals surface area contributed by atoms with Crippen LogP contribution in [0.4, 0.5) is 0 Å². The highest BCUT2D eigenvalue weighted by Gasteiger charge is 2.20. The van der Waals surface area contributed by atoms with Crippen LogP contribution in [-0.4, -0.2) is 43.0 Å². The molecule has 1 atom stereocenters. The molecule has 116 valence electrons. The predicted molar refractivity (Wildman–Crippen MR) is 92.2 cm³/mol. The van der Waals surface area contributed by atoms with Gasteiger partial charge in [-0.25, -0.2) is 4.31 Å². The number of benzene rings is 2. The van der Waals surface area contributed by atoms with Crippen molar-refractivity contribution in [3.05, 3.63) is 54.6 Å². The molecule has 0 aromatic heterocycles. The van der Waals surface area contributed by atoms with Gasteiger partial charge in [0.05, 0.1) is 6.61 Å². The summed E-state index contributed by atoms with van der Waals surface area (Å²) in [5.41, 5.74) is 2.43. The molecule has 3 rings (SSSR count). The molecule has 1 saturated heterocycles. The lowest BCUT2D eigenvalue weighted by molar-refractivity contribution is -0.0223. The van der Waals surface area contributed by atoms with Crippen LogP contribution < -0.4 is 4.74 Å². The van der Waals surface area contributed by atoms with Crippen LogP contribution in [0.3, 0.4) is 0 Å². The zero-order chi connectivity index (χ0) is 15.2. The van der Waals surface area contributed by atoms with Crippen LogP contribution in [0.5, 0.6) is 5.75 Å². The van der Waals surface area contributed by atoms with Crippen molar-refractivity contribution in [2.75, 3.05) is 32.6 Å². The first-order chi connectivity index (χ1) is 10.8. The minimum Gasteiger partial charge on any atom is -0.491 e. The highest BCUT2D eigenvalue weighted by molar-refractivity contribution is 7.96. The van der Waals surface area contributed by atoms with Gasteiger partial charge in [0.15, 0.2) is 0 Å². The molecular weight excluding hydrogens is 294 g/mol. The Labute approximate surface area is 136 Å². The summed E-state index contributed by atoms with van der Waals surface area (Å²) < 4.78 is 13.9. The van der Waals surface area contributed by atoms with E-state index >= 15 is 0 Å². The van der Waals surface area contributed by atoms with E-state index in [0.29, 0.717) is 6.61 Å². The Balaban J connectivity index is 1.55. The number of morpholine rings is 1. The number of rotatable bonds is 5. The third kappa shape index (κ3) is 4.03. The van der Waals surface area contributed by atoms with Crippen LogP contribution in [0, 0.1) is 0 Å². The van der Waals surface area contributed by atoms with Crippen LogP contribution in [0.15, 0.2) is 54.6 Å². The SMILES string of the molecule is CSN1CCOC(COc2ccc(-c3ccccc3)cc2)C1. The van der Waals surface area contributed by atoms with Gasteiger partial charge in [-0.3, -0.25) is 0 Å². The molecule has 2 aromatic carbocycles. The van der Waals surface area contributed by atoms with Crippen molar-refractivity contribution in [2.24, 2.45) is 0 Å². The quantitative estimate of drug-likeness (QED) is 0.784. The molecule has 2 aromatic rings. The minimum absolute atomic E-state index is 0.148. The molecule has 1 heterocycles. The van der Waals surface area contributed by atoms with Gasteiger partial charge in [-0.2, -0.15) is 0 Å². The molecule has 0 bridgehead atoms. The Morgan fingerprint density at radius 1 is 1.09 bits per heavy atom. The van der Waals surface area contributed by atoms with Gasteiger partial charge in [-0.15, -0.1) is 0 Å². The van der Waals surface area contributed by atoms with E-state index in [0.717, 1.165) is 25.4 Å². The maximum absolute atomic E-state index is 5.87. The van der Waals surface area contributed by atoms with Crippen LogP contribution in [0.25, 0.3) is 11.1 Å². The Hall–Kier alpha value is -1.49. The molecule has 1 aliphatic rings. The van der Waals surface area contributed by atoms with Gasteiger partial charge in [0.2, 0.25) is 0 Å². The lowest BCUT2D eigenvalue weighted by Gasteiger charge is -2.30. The third-order valence-electron chi connectivity index (χ3n) is 3.76. The van der Waals surface area contributed by atoms with Crippen molar-refractivity contribution in [1.29, 1.82) is 0 Å². The molecule has 22 heavy (non-hydrogen) atoms. The van der Waals surface area contributed by atoms with Crippen LogP contribution in [0.1, 0.15) is 0 Å². The van der Waals surface area contributed by atoms with E-state index in [4.69, 9.17) is 9.47 Å². The first-order valence-electron chi connectivity index (χ1n) is 7.54. The van der Waals surface area contributed by atoms with Gasteiger partial charge in [0.1, 0.15) is 18.5 Å². The molecule has 0 amide bonds. The average Bonchev–Trinajstić information content (AvgIpc) is 2.61. The van der Waals surface area contributed by atoms with Crippen molar-refractivity contribution in [3.63, 3.8) is 0 Å². The maximum atomic E-state index is 5.87. The first kappa shape index (κ1) is 15.4. The van der Waals surface area contributed by atoms with Crippen molar-refractivity contribution >= 4 is 11.9 Å². The Bertz CT molecular complexity index is 573. The highest BCUT2D eigenvalue weighted by atomic mass is 32.2. The largest absolute Gasteiger partial charge is 0.491 e. The summed E-state index contributed by atoms with van der Waals surface area (Å²) in [4.78, 5) is 0. The monoisotopic (exact) mass is 315 g/mol. The predicted octanol–water partition coefficient (Wildman–Crippen LogP) is 3.71. The van der Waals surface area contributed by atoms with Gasteiger partial charge >= 0.3 is 0 Å². The number of hydrogen-bond donors (Lipinski definition) is 0. The van der Waals surface area contributed by atoms with Gasteiger partial charge < -0.3 is 9.47 Å². The molecule has 0 radical (unpaired) electrons. The fraction of sp³-hybridized carbons (Fsp3) is 0.333. The summed E-state index contributed by atoms with van der Waals surface area (Å²) in [6.45, 7) is 3.29. The van der Waals surface area contributed by atoms with Crippen molar-refractivity contribution in [3.8, 4) is 16.9 Å². The molecule has 1 aliphatic heterocycles. The standard InChI is InChI=1S/C18H21NO2S/c1-22-19-11-12-20-18(13-19)14-21-17-9-7-16(8-10-17)15-5-3-2-4-6-15/h2-10,18H,11-14H2,1H3. The summed E-state index contributed by atoms with van der Waals surface area (Å²) >= 11 is 1.77. The Kier molecular flexibility index (Phi) is 5.38. The molecule has 1 fully saturated rings. The van der Waals surface area contributed by atoms with Gasteiger partial charge in [0, 0.05) is 13.1 Å². The zero-order valence-electron chi connectivity index (χ0n) is 12.8. The molecule has 0 N–H and O–H groups in total. The normalized spacial score (nSPS) is 19.0. The number of nitrogens with zero attached hydrogens (tertiary/aromatic N) is 1. The number of ether oxygens (including phenoxy) is 2. The van der Waals surface area contributed by atoms with Crippen LogP contribution in [-0.2, 0) is 4.74 Å². The van der Waals surface area contributed by atoms with Crippen molar-refractivity contribution < 1.29 is 9.47 Å². The molecule has 0 spiro atoms. The fourth-order valence-electron chi connectivity index (χ4n) is 2.52. The molecular formula is C18H21NO2S. The van der Waals surface area contributed by atoms with E-state index in [9.17, 15) is 0 Å². The Morgan fingerprint density at radius 2 is 1.82 bits per heavy atom. The second kappa shape index (κ2) is 7.68. The summed E-state index contributed by atoms with van der Waals surface area (Å²) in [5.74, 6) is 0.893. The van der Waals surface area contributed by atoms with Crippen LogP contribution in [0.2, 0.25) is 0 Å². The van der Waals surface area contributed by atoms with Gasteiger partial charge in [0.25, 0.3) is 0 Å². The third-order valence-corrected chi connectivity index (χ3v) is 4.61. The maximum Gasteiger partial charge on any atom is 0.119 e. The summed E-state index contributed by atoms with van der Waals surface area (Å²) in [5, 5.41) is 0. The second-order valence-corrected chi connectivity index (χ2v) is 6.15. The summed E-state index contributed by atoms with van der Waals surface area (Å²) in [6.07, 6.45) is 2.25. The number of hydrogen-bond acceptors (Lipinski definition) is 4. The van der Waals surface area contributed by atoms with Gasteiger partial charge in [-0.05, 0) is 29.5 Å². The van der Waals surface area contributed by atoms with E-state index < -0.39 is 0 Å². The van der Waals surface area contributed by atoms with E-state index in [1.165, 1.54) is 11.1 Å². The van der Waals surface area contributed by atoms with E-state index in [2.05, 4.69) is 47.0 Å². The summed E-state index contributed by atoms with van der Waals surface area (Å²) in [6, 6.07) is 18.6. The van der Waals surface area contributed by atoms with Gasteiger partial charge in [-0.1, -0.05) is 54.4 Å². The molecule has 0 saturated carbocycles. The average molecular weight is 315 g/mol. The van der Waals surface area contributed by atoms with Crippen molar-refractivity contribution in [1.82, 2.24) is 4.31 Å². The molecule has 4 heteroatoms. The fourth-order valence-corrected chi connectivity index (χ4v) is 3.09. The molecule has 0 aliphatic carbocycles. The van der Waals surface area contributed by atoms with Crippen molar-refractivity contribution in [2.45, 2.75) is 6.10 Å². The Morgan fingerprint density at radius 3 is 2.55 bits per heavy atom. The van der Waals surface area contributed by atoms with E-state index in [-0.39, 0.29) is 6.10 Å². The molecule has 1 unspecified atom stereocenters. The first-order valence-corrected chi connectivity index (χ1v) is 8.72. The smallest absolute Gasteiger partial charge is 0.119 e. The lowest BCUT2D eigenvalue weighted by Crippen LogP contribution is -2.41. The minimum atomic E-state index is 0.148. The molecule has 3 nitrogen and oxygen atoms in total. The second-order valence-electron chi connectivity index (χ2n) is 5.26. The topological polar surface area (TPSA) is 21.7 Å². The van der Waals surface area contributed by atoms with Crippen LogP contribution >= 0.6 is 11.9 Å². The zero-order valence-corrected chi connectivity index (χ0v) is 13.6. The highest BCUT2D eigenvalue weighted by Crippen LogP contribution is 2.22. The lowest BCUT2D eigenvalue weighted by atomic mass is 10.1. The summed E-state index contributed by atoms with van der Waals surface area (Å²) in [7, 11) is 0.